The van der Waals surface area contributed by atoms with Crippen LogP contribution in [0, 0.1) is 0 Å². The van der Waals surface area contributed by atoms with E-state index < -0.39 is 86.8 Å². The Labute approximate surface area is 519 Å². The first-order chi connectivity index (χ1) is 41.6. The maximum Gasteiger partial charge on any atom is 0.220 e. The number of allylic oxidation sites excluding steroid dienone is 3. The van der Waals surface area contributed by atoms with Crippen LogP contribution in [0.2, 0.25) is 0 Å². The van der Waals surface area contributed by atoms with E-state index in [1.807, 2.05) is 6.08 Å². The third-order valence-corrected chi connectivity index (χ3v) is 17.9. The summed E-state index contributed by atoms with van der Waals surface area (Å²) in [6, 6.07) is -0.929. The minimum Gasteiger partial charge on any atom is -0.394 e. The van der Waals surface area contributed by atoms with Gasteiger partial charge in [-0.15, -0.1) is 0 Å². The molecule has 0 bridgehead atoms. The second-order valence-electron chi connectivity index (χ2n) is 25.7. The van der Waals surface area contributed by atoms with Crippen molar-refractivity contribution < 1.29 is 64.6 Å². The van der Waals surface area contributed by atoms with Crippen molar-refractivity contribution in [2.24, 2.45) is 0 Å². The molecule has 2 heterocycles. The third-order valence-electron chi connectivity index (χ3n) is 17.9. The van der Waals surface area contributed by atoms with Gasteiger partial charge in [0.15, 0.2) is 12.6 Å². The van der Waals surface area contributed by atoms with Crippen molar-refractivity contribution in [2.45, 2.75) is 402 Å². The molecule has 2 fully saturated rings. The number of amides is 1. The van der Waals surface area contributed by atoms with Gasteiger partial charge in [-0.2, -0.15) is 0 Å². The normalized spacial score (nSPS) is 23.6. The Morgan fingerprint density at radius 1 is 0.412 bits per heavy atom. The molecule has 2 rings (SSSR count). The van der Waals surface area contributed by atoms with Crippen LogP contribution in [0.1, 0.15) is 328 Å². The monoisotopic (exact) mass is 1210 g/mol. The molecule has 14 nitrogen and oxygen atoms in total. The van der Waals surface area contributed by atoms with E-state index in [2.05, 4.69) is 31.3 Å². The fourth-order valence-corrected chi connectivity index (χ4v) is 12.1. The van der Waals surface area contributed by atoms with Gasteiger partial charge in [-0.1, -0.05) is 314 Å². The van der Waals surface area contributed by atoms with E-state index in [9.17, 15) is 45.6 Å². The molecular formula is C71H135NO13. The molecular weight excluding hydrogens is 1070 g/mol. The summed E-state index contributed by atoms with van der Waals surface area (Å²) in [5.41, 5.74) is 0. The molecule has 2 saturated heterocycles. The molecule has 14 heteroatoms. The molecule has 0 aromatic heterocycles. The van der Waals surface area contributed by atoms with E-state index in [-0.39, 0.29) is 18.9 Å². The molecule has 12 atom stereocenters. The second kappa shape index (κ2) is 56.5. The summed E-state index contributed by atoms with van der Waals surface area (Å²) < 4.78 is 22.9. The molecule has 9 N–H and O–H groups in total. The highest BCUT2D eigenvalue weighted by Gasteiger charge is 2.51. The SMILES string of the molecule is CCCCCCCCCCCCCCCCCCCCCC/C=C/CC/C=C/C(O)C(COC1OC(CO)C(OC2OC(CO)C(O)C(O)C2O)C(O)C1O)NC(=O)CCCCCCCCCCCCCCCCCCCCCCCCCCC. The fraction of sp³-hybridized carbons (Fsp3) is 0.930. The lowest BCUT2D eigenvalue weighted by Gasteiger charge is -2.46. The summed E-state index contributed by atoms with van der Waals surface area (Å²) in [4.78, 5) is 13.3. The molecule has 0 aromatic rings. The smallest absolute Gasteiger partial charge is 0.220 e. The van der Waals surface area contributed by atoms with Gasteiger partial charge in [0.05, 0.1) is 32.0 Å². The fourth-order valence-electron chi connectivity index (χ4n) is 12.1. The molecule has 12 unspecified atom stereocenters. The van der Waals surface area contributed by atoms with E-state index in [4.69, 9.17) is 18.9 Å². The number of ether oxygens (including phenoxy) is 4. The molecule has 0 aliphatic carbocycles. The number of carbonyl (C=O) groups excluding carboxylic acids is 1. The molecule has 0 spiro atoms. The Hall–Kier alpha value is -1.53. The lowest BCUT2D eigenvalue weighted by molar-refractivity contribution is -0.359. The van der Waals surface area contributed by atoms with Crippen LogP contribution in [0.5, 0.6) is 0 Å². The molecule has 0 radical (unpaired) electrons. The second-order valence-corrected chi connectivity index (χ2v) is 25.7. The molecule has 502 valence electrons. The van der Waals surface area contributed by atoms with Gasteiger partial charge in [0.25, 0.3) is 0 Å². The average Bonchev–Trinajstić information content (AvgIpc) is 3.52. The number of aliphatic hydroxyl groups excluding tert-OH is 8. The van der Waals surface area contributed by atoms with Crippen LogP contribution >= 0.6 is 0 Å². The van der Waals surface area contributed by atoms with Crippen LogP contribution in [-0.4, -0.2) is 140 Å². The average molecular weight is 1210 g/mol. The lowest BCUT2D eigenvalue weighted by atomic mass is 9.97. The van der Waals surface area contributed by atoms with E-state index in [0.717, 1.165) is 32.1 Å². The van der Waals surface area contributed by atoms with Gasteiger partial charge in [0.2, 0.25) is 5.91 Å². The van der Waals surface area contributed by atoms with Crippen LogP contribution in [0.4, 0.5) is 0 Å². The summed E-state index contributed by atoms with van der Waals surface area (Å²) in [6.07, 6.45) is 53.9. The minimum atomic E-state index is -1.79. The Bertz CT molecular complexity index is 1520. The molecule has 2 aliphatic heterocycles. The van der Waals surface area contributed by atoms with Crippen molar-refractivity contribution in [1.29, 1.82) is 0 Å². The van der Waals surface area contributed by atoms with Crippen LogP contribution in [-0.2, 0) is 23.7 Å². The van der Waals surface area contributed by atoms with Crippen molar-refractivity contribution in [3.8, 4) is 0 Å². The topological polar surface area (TPSA) is 228 Å². The van der Waals surface area contributed by atoms with Crippen LogP contribution in [0.15, 0.2) is 24.3 Å². The van der Waals surface area contributed by atoms with Crippen molar-refractivity contribution in [3.63, 3.8) is 0 Å². The summed E-state index contributed by atoms with van der Waals surface area (Å²) in [5, 5.41) is 87.4. The zero-order valence-electron chi connectivity index (χ0n) is 54.6. The summed E-state index contributed by atoms with van der Waals surface area (Å²) in [5.74, 6) is -0.241. The molecule has 1 amide bonds. The number of rotatable bonds is 60. The Kier molecular flexibility index (Phi) is 52.8. The quantitative estimate of drug-likeness (QED) is 0.0204. The maximum atomic E-state index is 13.3. The van der Waals surface area contributed by atoms with Gasteiger partial charge >= 0.3 is 0 Å². The summed E-state index contributed by atoms with van der Waals surface area (Å²) in [6.45, 7) is 2.84. The highest BCUT2D eigenvalue weighted by atomic mass is 16.7. The maximum absolute atomic E-state index is 13.3. The number of carbonyl (C=O) groups is 1. The van der Waals surface area contributed by atoms with Gasteiger partial charge in [0.1, 0.15) is 48.8 Å². The first-order valence-corrected chi connectivity index (χ1v) is 36.1. The molecule has 2 aliphatic rings. The highest BCUT2D eigenvalue weighted by molar-refractivity contribution is 5.76. The van der Waals surface area contributed by atoms with E-state index in [1.165, 1.54) is 263 Å². The van der Waals surface area contributed by atoms with Gasteiger partial charge in [-0.05, 0) is 32.1 Å². The molecule has 0 saturated carbocycles. The minimum absolute atomic E-state index is 0.241. The summed E-state index contributed by atoms with van der Waals surface area (Å²) >= 11 is 0. The van der Waals surface area contributed by atoms with Crippen molar-refractivity contribution >= 4 is 5.91 Å². The zero-order valence-corrected chi connectivity index (χ0v) is 54.6. The van der Waals surface area contributed by atoms with Crippen molar-refractivity contribution in [2.75, 3.05) is 19.8 Å². The Morgan fingerprint density at radius 3 is 1.15 bits per heavy atom. The van der Waals surface area contributed by atoms with Crippen molar-refractivity contribution in [1.82, 2.24) is 5.32 Å². The van der Waals surface area contributed by atoms with Gasteiger partial charge in [-0.25, -0.2) is 0 Å². The van der Waals surface area contributed by atoms with E-state index >= 15 is 0 Å². The number of hydrogen-bond acceptors (Lipinski definition) is 13. The molecule has 85 heavy (non-hydrogen) atoms. The van der Waals surface area contributed by atoms with Gasteiger partial charge in [-0.3, -0.25) is 4.79 Å². The van der Waals surface area contributed by atoms with Crippen LogP contribution < -0.4 is 5.32 Å². The number of aliphatic hydroxyl groups is 8. The highest BCUT2D eigenvalue weighted by Crippen LogP contribution is 2.30. The first-order valence-electron chi connectivity index (χ1n) is 36.1. The van der Waals surface area contributed by atoms with Crippen LogP contribution in [0.3, 0.4) is 0 Å². The first kappa shape index (κ1) is 79.6. The Morgan fingerprint density at radius 2 is 0.753 bits per heavy atom. The van der Waals surface area contributed by atoms with E-state index in [0.29, 0.717) is 12.8 Å². The van der Waals surface area contributed by atoms with Gasteiger partial charge < -0.3 is 65.1 Å². The zero-order chi connectivity index (χ0) is 61.6. The largest absolute Gasteiger partial charge is 0.394 e. The molecule has 0 aromatic carbocycles. The van der Waals surface area contributed by atoms with E-state index in [1.54, 1.807) is 6.08 Å². The number of nitrogens with one attached hydrogen (secondary N) is 1. The number of hydrogen-bond donors (Lipinski definition) is 9. The summed E-state index contributed by atoms with van der Waals surface area (Å²) in [7, 11) is 0. The predicted molar refractivity (Wildman–Crippen MR) is 346 cm³/mol. The standard InChI is InChI=1S/C71H135NO13/c1-3-5-7-9-11-13-15-17-19-21-23-25-27-29-31-32-34-36-38-40-42-44-46-48-50-52-54-60(75)59(58-82-70-68(81)66(79)69(62(57-74)84-70)85-71-67(80)65(78)64(77)61(56-73)83-71)72-63(76)55-53-51-49-47-45-43-41-39-37-35-33-30-28-26-24-22-20-18-16-14-12-10-8-6-4-2/h44,46,52,54,59-62,64-71,73-75,77-81H,3-43,45,47-51,53,55-58H2,1-2H3,(H,72,76)/b46-44+,54-52+. The Balaban J connectivity index is 1.69. The van der Waals surface area contributed by atoms with Crippen molar-refractivity contribution in [3.05, 3.63) is 24.3 Å². The predicted octanol–water partition coefficient (Wildman–Crippen LogP) is 14.7. The van der Waals surface area contributed by atoms with Crippen LogP contribution in [0.25, 0.3) is 0 Å². The lowest BCUT2D eigenvalue weighted by Crippen LogP contribution is -2.65. The third kappa shape index (κ3) is 40.8. The van der Waals surface area contributed by atoms with Gasteiger partial charge in [0, 0.05) is 6.42 Å². The number of unbranched alkanes of at least 4 members (excludes halogenated alkanes) is 45.